The zero-order valence-electron chi connectivity index (χ0n) is 17.6. The second kappa shape index (κ2) is 7.49. The van der Waals surface area contributed by atoms with E-state index in [1.807, 2.05) is 0 Å². The highest BCUT2D eigenvalue weighted by Crippen LogP contribution is 2.57. The SMILES string of the molecule is CCC(CCO[Si](C)(C)C)(C1C=Cc2ccccc21)C1C=Cc2ccccc21. The number of benzene rings is 2. The highest BCUT2D eigenvalue weighted by atomic mass is 28.4. The van der Waals surface area contributed by atoms with Crippen LogP contribution in [0, 0.1) is 5.41 Å². The highest BCUT2D eigenvalue weighted by Gasteiger charge is 2.46. The molecule has 0 saturated heterocycles. The van der Waals surface area contributed by atoms with Gasteiger partial charge < -0.3 is 4.43 Å². The molecule has 2 unspecified atom stereocenters. The molecule has 0 aliphatic heterocycles. The van der Waals surface area contributed by atoms with Crippen molar-refractivity contribution < 1.29 is 4.43 Å². The van der Waals surface area contributed by atoms with E-state index in [-0.39, 0.29) is 5.41 Å². The summed E-state index contributed by atoms with van der Waals surface area (Å²) >= 11 is 0. The molecule has 0 N–H and O–H groups in total. The number of hydrogen-bond acceptors (Lipinski definition) is 1. The van der Waals surface area contributed by atoms with Crippen LogP contribution in [-0.4, -0.2) is 14.9 Å². The minimum atomic E-state index is -1.53. The first-order valence-electron chi connectivity index (χ1n) is 10.6. The summed E-state index contributed by atoms with van der Waals surface area (Å²) in [6.07, 6.45) is 11.8. The van der Waals surface area contributed by atoms with E-state index in [1.54, 1.807) is 0 Å². The summed E-state index contributed by atoms with van der Waals surface area (Å²) in [5.74, 6) is 0.861. The van der Waals surface area contributed by atoms with E-state index < -0.39 is 8.32 Å². The molecule has 2 heteroatoms. The Morgan fingerprint density at radius 1 is 0.821 bits per heavy atom. The monoisotopic (exact) mass is 388 g/mol. The van der Waals surface area contributed by atoms with Gasteiger partial charge in [0.15, 0.2) is 8.32 Å². The van der Waals surface area contributed by atoms with Gasteiger partial charge in [-0.15, -0.1) is 0 Å². The molecule has 0 heterocycles. The fourth-order valence-corrected chi connectivity index (χ4v) is 5.88. The van der Waals surface area contributed by atoms with Gasteiger partial charge in [0, 0.05) is 18.4 Å². The molecule has 2 aromatic rings. The van der Waals surface area contributed by atoms with Crippen LogP contribution in [0.3, 0.4) is 0 Å². The lowest BCUT2D eigenvalue weighted by atomic mass is 9.60. The molecule has 28 heavy (non-hydrogen) atoms. The molecule has 2 aromatic carbocycles. The summed E-state index contributed by atoms with van der Waals surface area (Å²) in [6.45, 7) is 10.1. The molecule has 2 aliphatic rings. The summed E-state index contributed by atoms with van der Waals surface area (Å²) < 4.78 is 6.37. The molecular formula is C26H32OSi. The van der Waals surface area contributed by atoms with Gasteiger partial charge in [-0.2, -0.15) is 0 Å². The molecular weight excluding hydrogens is 356 g/mol. The van der Waals surface area contributed by atoms with Gasteiger partial charge >= 0.3 is 0 Å². The molecule has 0 aromatic heterocycles. The first-order valence-corrected chi connectivity index (χ1v) is 14.0. The van der Waals surface area contributed by atoms with Crippen molar-refractivity contribution in [3.8, 4) is 0 Å². The molecule has 0 amide bonds. The maximum absolute atomic E-state index is 6.37. The summed E-state index contributed by atoms with van der Waals surface area (Å²) in [6, 6.07) is 17.8. The molecule has 0 spiro atoms. The number of fused-ring (bicyclic) bond motifs is 2. The first kappa shape index (κ1) is 19.4. The molecule has 146 valence electrons. The van der Waals surface area contributed by atoms with Crippen LogP contribution in [-0.2, 0) is 4.43 Å². The third kappa shape index (κ3) is 3.44. The Kier molecular flexibility index (Phi) is 5.20. The van der Waals surface area contributed by atoms with Crippen LogP contribution >= 0.6 is 0 Å². The normalized spacial score (nSPS) is 22.1. The van der Waals surface area contributed by atoms with Crippen molar-refractivity contribution >= 4 is 20.5 Å². The largest absolute Gasteiger partial charge is 0.418 e. The average Bonchev–Trinajstić information content (AvgIpc) is 3.30. The fraction of sp³-hybridized carbons (Fsp3) is 0.385. The summed E-state index contributed by atoms with van der Waals surface area (Å²) in [7, 11) is -1.53. The highest BCUT2D eigenvalue weighted by molar-refractivity contribution is 6.69. The topological polar surface area (TPSA) is 9.23 Å². The molecule has 0 saturated carbocycles. The van der Waals surface area contributed by atoms with Gasteiger partial charge in [0.05, 0.1) is 0 Å². The minimum Gasteiger partial charge on any atom is -0.418 e. The lowest BCUT2D eigenvalue weighted by Crippen LogP contribution is -2.36. The van der Waals surface area contributed by atoms with Gasteiger partial charge in [-0.3, -0.25) is 0 Å². The Balaban J connectivity index is 1.75. The summed E-state index contributed by atoms with van der Waals surface area (Å²) in [5, 5.41) is 0. The van der Waals surface area contributed by atoms with E-state index in [0.717, 1.165) is 19.4 Å². The number of allylic oxidation sites excluding steroid dienone is 2. The Bertz CT molecular complexity index is 841. The van der Waals surface area contributed by atoms with Gasteiger partial charge in [-0.25, -0.2) is 0 Å². The molecule has 0 fully saturated rings. The average molecular weight is 389 g/mol. The van der Waals surface area contributed by atoms with Crippen LogP contribution in [0.15, 0.2) is 60.7 Å². The van der Waals surface area contributed by atoms with Gasteiger partial charge in [-0.05, 0) is 60.2 Å². The smallest absolute Gasteiger partial charge is 0.183 e. The Morgan fingerprint density at radius 2 is 1.32 bits per heavy atom. The summed E-state index contributed by atoms with van der Waals surface area (Å²) in [4.78, 5) is 0. The molecule has 1 nitrogen and oxygen atoms in total. The fourth-order valence-electron chi connectivity index (χ4n) is 5.17. The van der Waals surface area contributed by atoms with E-state index in [1.165, 1.54) is 22.3 Å². The van der Waals surface area contributed by atoms with E-state index in [4.69, 9.17) is 4.43 Å². The molecule has 0 radical (unpaired) electrons. The van der Waals surface area contributed by atoms with Crippen LogP contribution in [0.1, 0.15) is 53.9 Å². The molecule has 2 atom stereocenters. The van der Waals surface area contributed by atoms with Crippen molar-refractivity contribution in [2.24, 2.45) is 5.41 Å². The number of rotatable bonds is 7. The quantitative estimate of drug-likeness (QED) is 0.454. The third-order valence-electron chi connectivity index (χ3n) is 6.60. The van der Waals surface area contributed by atoms with E-state index in [2.05, 4.69) is 99.4 Å². The summed E-state index contributed by atoms with van der Waals surface area (Å²) in [5.41, 5.74) is 5.86. The molecule has 4 rings (SSSR count). The van der Waals surface area contributed by atoms with Crippen LogP contribution in [0.4, 0.5) is 0 Å². The molecule has 0 bridgehead atoms. The van der Waals surface area contributed by atoms with Gasteiger partial charge in [0.2, 0.25) is 0 Å². The van der Waals surface area contributed by atoms with E-state index >= 15 is 0 Å². The van der Waals surface area contributed by atoms with E-state index in [0.29, 0.717) is 11.8 Å². The van der Waals surface area contributed by atoms with Gasteiger partial charge in [0.25, 0.3) is 0 Å². The number of hydrogen-bond donors (Lipinski definition) is 0. The van der Waals surface area contributed by atoms with Crippen LogP contribution < -0.4 is 0 Å². The van der Waals surface area contributed by atoms with E-state index in [9.17, 15) is 0 Å². The zero-order chi connectivity index (χ0) is 19.8. The van der Waals surface area contributed by atoms with Gasteiger partial charge in [-0.1, -0.05) is 79.8 Å². The Hall–Kier alpha value is -1.90. The van der Waals surface area contributed by atoms with Crippen molar-refractivity contribution in [1.29, 1.82) is 0 Å². The van der Waals surface area contributed by atoms with Crippen molar-refractivity contribution in [3.05, 3.63) is 82.9 Å². The second-order valence-electron chi connectivity index (χ2n) is 9.23. The predicted molar refractivity (Wildman–Crippen MR) is 123 cm³/mol. The lowest BCUT2D eigenvalue weighted by molar-refractivity contribution is 0.147. The van der Waals surface area contributed by atoms with Crippen molar-refractivity contribution in [3.63, 3.8) is 0 Å². The maximum Gasteiger partial charge on any atom is 0.183 e. The standard InChI is InChI=1S/C26H32OSi/c1-5-26(18-19-27-28(2,3)4,24-16-14-20-10-6-8-12-22(20)24)25-17-15-21-11-7-9-13-23(21)25/h6-17,24-25H,5,18-19H2,1-4H3. The third-order valence-corrected chi connectivity index (χ3v) is 7.67. The molecule has 2 aliphatic carbocycles. The van der Waals surface area contributed by atoms with Gasteiger partial charge in [0.1, 0.15) is 0 Å². The lowest BCUT2D eigenvalue weighted by Gasteiger charge is -2.44. The first-order chi connectivity index (χ1) is 13.4. The van der Waals surface area contributed by atoms with Crippen LogP contribution in [0.25, 0.3) is 12.2 Å². The minimum absolute atomic E-state index is 0.131. The maximum atomic E-state index is 6.37. The van der Waals surface area contributed by atoms with Crippen molar-refractivity contribution in [2.75, 3.05) is 6.61 Å². The van der Waals surface area contributed by atoms with Crippen LogP contribution in [0.5, 0.6) is 0 Å². The van der Waals surface area contributed by atoms with Crippen molar-refractivity contribution in [2.45, 2.75) is 51.2 Å². The Morgan fingerprint density at radius 3 is 1.79 bits per heavy atom. The predicted octanol–water partition coefficient (Wildman–Crippen LogP) is 7.25. The second-order valence-corrected chi connectivity index (χ2v) is 13.7. The van der Waals surface area contributed by atoms with Crippen molar-refractivity contribution in [1.82, 2.24) is 0 Å². The Labute approximate surface area is 171 Å². The van der Waals surface area contributed by atoms with Crippen LogP contribution in [0.2, 0.25) is 19.6 Å². The zero-order valence-corrected chi connectivity index (χ0v) is 18.6.